The lowest BCUT2D eigenvalue weighted by molar-refractivity contribution is -0.247. The molecule has 0 fully saturated rings. The summed E-state index contributed by atoms with van der Waals surface area (Å²) < 4.78 is 65.6. The third-order valence-electron chi connectivity index (χ3n) is 6.70. The Morgan fingerprint density at radius 2 is 1.76 bits per heavy atom. The summed E-state index contributed by atoms with van der Waals surface area (Å²) in [6.07, 6.45) is -1.50. The van der Waals surface area contributed by atoms with E-state index in [1.54, 1.807) is 36.9 Å². The molecule has 6 nitrogen and oxygen atoms in total. The molecule has 0 spiro atoms. The molecule has 5 aromatic rings. The van der Waals surface area contributed by atoms with Gasteiger partial charge >= 0.3 is 6.18 Å². The minimum absolute atomic E-state index is 0.265. The molecule has 0 amide bonds. The van der Waals surface area contributed by atoms with Crippen LogP contribution in [0.25, 0.3) is 27.5 Å². The molecule has 2 N–H and O–H groups in total. The molecule has 1 atom stereocenters. The van der Waals surface area contributed by atoms with Crippen molar-refractivity contribution >= 4 is 27.5 Å². The number of halogens is 4. The summed E-state index contributed by atoms with van der Waals surface area (Å²) in [7, 11) is 3.27. The molecule has 0 aliphatic heterocycles. The van der Waals surface area contributed by atoms with Crippen LogP contribution in [0.5, 0.6) is 0 Å². The first-order valence-corrected chi connectivity index (χ1v) is 12.0. The molecule has 10 heteroatoms. The van der Waals surface area contributed by atoms with Gasteiger partial charge in [-0.25, -0.2) is 9.07 Å². The largest absolute Gasteiger partial charge is 0.425 e. The Morgan fingerprint density at radius 3 is 2.47 bits per heavy atom. The second-order valence-electron chi connectivity index (χ2n) is 9.17. The maximum atomic E-state index is 14.7. The van der Waals surface area contributed by atoms with Crippen molar-refractivity contribution in [3.05, 3.63) is 90.0 Å². The van der Waals surface area contributed by atoms with Crippen LogP contribution in [0.1, 0.15) is 17.5 Å². The van der Waals surface area contributed by atoms with Gasteiger partial charge in [0.2, 0.25) is 5.60 Å². The summed E-state index contributed by atoms with van der Waals surface area (Å²) in [5, 5.41) is 19.6. The van der Waals surface area contributed by atoms with Crippen LogP contribution in [-0.4, -0.2) is 45.9 Å². The van der Waals surface area contributed by atoms with Crippen molar-refractivity contribution in [3.63, 3.8) is 0 Å². The number of ether oxygens (including phenoxy) is 1. The van der Waals surface area contributed by atoms with E-state index in [1.165, 1.54) is 59.5 Å². The lowest BCUT2D eigenvalue weighted by Gasteiger charge is -2.31. The van der Waals surface area contributed by atoms with Crippen molar-refractivity contribution in [1.29, 1.82) is 0 Å². The van der Waals surface area contributed by atoms with E-state index in [9.17, 15) is 22.7 Å². The van der Waals surface area contributed by atoms with E-state index in [0.29, 0.717) is 35.3 Å². The number of anilines is 1. The van der Waals surface area contributed by atoms with Crippen LogP contribution in [-0.2, 0) is 17.4 Å². The number of aromatic nitrogens is 3. The topological polar surface area (TPSA) is 64.2 Å². The van der Waals surface area contributed by atoms with Crippen molar-refractivity contribution in [1.82, 2.24) is 14.3 Å². The molecule has 0 saturated carbocycles. The van der Waals surface area contributed by atoms with Gasteiger partial charge in [0.15, 0.2) is 0 Å². The van der Waals surface area contributed by atoms with Crippen molar-refractivity contribution in [3.8, 4) is 5.69 Å². The molecular formula is C28H26F4N4O2. The molecule has 0 aliphatic rings. The number of methoxy groups -OCH3 is 1. The maximum Gasteiger partial charge on any atom is 0.425 e. The van der Waals surface area contributed by atoms with Crippen LogP contribution in [0.2, 0.25) is 0 Å². The monoisotopic (exact) mass is 526 g/mol. The Balaban J connectivity index is 1.58. The van der Waals surface area contributed by atoms with Gasteiger partial charge in [-0.1, -0.05) is 12.1 Å². The first-order chi connectivity index (χ1) is 18.1. The molecule has 0 aliphatic carbocycles. The van der Waals surface area contributed by atoms with Crippen LogP contribution in [0, 0.1) is 5.82 Å². The lowest BCUT2D eigenvalue weighted by Crippen LogP contribution is -2.43. The third-order valence-corrected chi connectivity index (χ3v) is 6.70. The van der Waals surface area contributed by atoms with Crippen LogP contribution < -0.4 is 5.32 Å². The Hall–Kier alpha value is -3.89. The molecule has 0 saturated heterocycles. The second kappa shape index (κ2) is 9.77. The number of fused-ring (bicyclic) bond motifs is 2. The molecule has 198 valence electrons. The van der Waals surface area contributed by atoms with Crippen molar-refractivity contribution in [2.45, 2.75) is 18.2 Å². The minimum atomic E-state index is -5.01. The Labute approximate surface area is 216 Å². The normalized spacial score (nSPS) is 13.8. The molecule has 2 heterocycles. The standard InChI is InChI=1S/C28H26F4N4O2/c1-35-17-24(23-10-7-21(15-26(23)35)33-12-3-13-38-2)27(37,28(30,31)32)19-4-11-25-18(14-19)16-34-36(25)22-8-5-20(29)6-9-22/h4-11,14-17,33,37H,3,12-13H2,1-2H3. The van der Waals surface area contributed by atoms with E-state index in [2.05, 4.69) is 10.4 Å². The number of alkyl halides is 3. The molecule has 38 heavy (non-hydrogen) atoms. The Kier molecular flexibility index (Phi) is 6.62. The summed E-state index contributed by atoms with van der Waals surface area (Å²) >= 11 is 0. The van der Waals surface area contributed by atoms with E-state index in [-0.39, 0.29) is 16.5 Å². The third kappa shape index (κ3) is 4.39. The van der Waals surface area contributed by atoms with Crippen molar-refractivity contribution in [2.24, 2.45) is 7.05 Å². The van der Waals surface area contributed by atoms with Crippen molar-refractivity contribution in [2.75, 3.05) is 25.6 Å². The minimum Gasteiger partial charge on any atom is -0.385 e. The summed E-state index contributed by atoms with van der Waals surface area (Å²) in [6.45, 7) is 1.24. The van der Waals surface area contributed by atoms with Gasteiger partial charge < -0.3 is 19.7 Å². The molecule has 3 aromatic carbocycles. The fourth-order valence-electron chi connectivity index (χ4n) is 4.75. The van der Waals surface area contributed by atoms with Crippen molar-refractivity contribution < 1.29 is 27.4 Å². The number of hydrogen-bond acceptors (Lipinski definition) is 4. The quantitative estimate of drug-likeness (QED) is 0.195. The first kappa shape index (κ1) is 25.7. The second-order valence-corrected chi connectivity index (χ2v) is 9.17. The SMILES string of the molecule is COCCCNc1ccc2c(C(O)(c3ccc4c(cnn4-c4ccc(F)cc4)c3)C(F)(F)F)cn(C)c2c1. The molecule has 0 radical (unpaired) electrons. The predicted molar refractivity (Wildman–Crippen MR) is 138 cm³/mol. The first-order valence-electron chi connectivity index (χ1n) is 12.0. The number of nitrogens with one attached hydrogen (secondary N) is 1. The summed E-state index contributed by atoms with van der Waals surface area (Å²) in [6, 6.07) is 14.7. The number of rotatable bonds is 8. The lowest BCUT2D eigenvalue weighted by atomic mass is 9.85. The van der Waals surface area contributed by atoms with E-state index < -0.39 is 17.6 Å². The fourth-order valence-corrected chi connectivity index (χ4v) is 4.75. The fraction of sp³-hybridized carbons (Fsp3) is 0.250. The van der Waals surface area contributed by atoms with Gasteiger partial charge in [-0.3, -0.25) is 0 Å². The highest BCUT2D eigenvalue weighted by Gasteiger charge is 2.57. The highest BCUT2D eigenvalue weighted by molar-refractivity contribution is 5.89. The van der Waals surface area contributed by atoms with Crippen LogP contribution in [0.15, 0.2) is 73.1 Å². The summed E-state index contributed by atoms with van der Waals surface area (Å²) in [5.74, 6) is -0.410. The van der Waals surface area contributed by atoms with Gasteiger partial charge in [0.25, 0.3) is 0 Å². The predicted octanol–water partition coefficient (Wildman–Crippen LogP) is 5.90. The highest BCUT2D eigenvalue weighted by atomic mass is 19.4. The average molecular weight is 527 g/mol. The number of aryl methyl sites for hydroxylation is 1. The number of aliphatic hydroxyl groups is 1. The van der Waals surface area contributed by atoms with E-state index in [4.69, 9.17) is 4.74 Å². The maximum absolute atomic E-state index is 14.7. The van der Waals surface area contributed by atoms with Gasteiger partial charge in [0, 0.05) is 55.5 Å². The van der Waals surface area contributed by atoms with Crippen LogP contribution in [0.3, 0.4) is 0 Å². The smallest absolute Gasteiger partial charge is 0.385 e. The van der Waals surface area contributed by atoms with Crippen LogP contribution >= 0.6 is 0 Å². The van der Waals surface area contributed by atoms with Crippen LogP contribution in [0.4, 0.5) is 23.2 Å². The highest BCUT2D eigenvalue weighted by Crippen LogP contribution is 2.47. The summed E-state index contributed by atoms with van der Waals surface area (Å²) in [5.41, 5.74) is -1.49. The number of nitrogens with zero attached hydrogens (tertiary/aromatic N) is 3. The molecule has 1 unspecified atom stereocenters. The van der Waals surface area contributed by atoms with E-state index in [1.807, 2.05) is 0 Å². The van der Waals surface area contributed by atoms with Gasteiger partial charge in [-0.05, 0) is 60.5 Å². The van der Waals surface area contributed by atoms with Gasteiger partial charge in [-0.15, -0.1) is 0 Å². The Bertz CT molecular complexity index is 1590. The zero-order chi connectivity index (χ0) is 27.1. The average Bonchev–Trinajstić information content (AvgIpc) is 3.47. The number of benzene rings is 3. The molecule has 2 aromatic heterocycles. The van der Waals surface area contributed by atoms with Gasteiger partial charge in [0.1, 0.15) is 5.82 Å². The van der Waals surface area contributed by atoms with Gasteiger partial charge in [-0.2, -0.15) is 18.3 Å². The van der Waals surface area contributed by atoms with E-state index >= 15 is 0 Å². The zero-order valence-electron chi connectivity index (χ0n) is 20.8. The van der Waals surface area contributed by atoms with E-state index in [0.717, 1.165) is 12.1 Å². The zero-order valence-corrected chi connectivity index (χ0v) is 20.8. The molecule has 0 bridgehead atoms. The number of hydrogen-bond donors (Lipinski definition) is 2. The molecule has 5 rings (SSSR count). The van der Waals surface area contributed by atoms with Gasteiger partial charge in [0.05, 0.1) is 22.9 Å². The Morgan fingerprint density at radius 1 is 1.00 bits per heavy atom. The molecular weight excluding hydrogens is 500 g/mol. The summed E-state index contributed by atoms with van der Waals surface area (Å²) in [4.78, 5) is 0.